The number of nitrogens with zero attached hydrogens (tertiary/aromatic N) is 1. The van der Waals surface area contributed by atoms with E-state index in [1.807, 2.05) is 0 Å². The fourth-order valence-corrected chi connectivity index (χ4v) is 2.45. The highest BCUT2D eigenvalue weighted by atomic mass is 35.5. The summed E-state index contributed by atoms with van der Waals surface area (Å²) in [5, 5.41) is 0.359. The van der Waals surface area contributed by atoms with Gasteiger partial charge in [-0.3, -0.25) is 0 Å². The zero-order chi connectivity index (χ0) is 16.8. The summed E-state index contributed by atoms with van der Waals surface area (Å²) in [6.07, 6.45) is -3.87. The van der Waals surface area contributed by atoms with Crippen LogP contribution in [0.15, 0.2) is 34.9 Å². The normalized spacial score (nSPS) is 11.8. The van der Waals surface area contributed by atoms with Gasteiger partial charge in [-0.1, -0.05) is 29.8 Å². The maximum absolute atomic E-state index is 12.7. The first-order valence-electron chi connectivity index (χ1n) is 6.25. The van der Waals surface area contributed by atoms with Gasteiger partial charge in [0.05, 0.1) is 17.1 Å². The fraction of sp³-hybridized carbons (Fsp3) is 0.0714. The summed E-state index contributed by atoms with van der Waals surface area (Å²) in [5.74, 6) is -0.815. The number of pyridine rings is 1. The molecule has 0 aliphatic rings. The van der Waals surface area contributed by atoms with Crippen LogP contribution in [0, 0.1) is 0 Å². The average Bonchev–Trinajstić information content (AvgIpc) is 2.74. The van der Waals surface area contributed by atoms with Crippen molar-refractivity contribution in [3.63, 3.8) is 0 Å². The fourth-order valence-electron chi connectivity index (χ4n) is 2.22. The predicted molar refractivity (Wildman–Crippen MR) is 80.0 cm³/mol. The quantitative estimate of drug-likeness (QED) is 0.727. The predicted octanol–water partition coefficient (Wildman–Crippen LogP) is 4.21. The largest absolute Gasteiger partial charge is 0.574 e. The lowest BCUT2D eigenvalue weighted by Gasteiger charge is -2.14. The van der Waals surface area contributed by atoms with Gasteiger partial charge in [-0.05, 0) is 6.07 Å². The third-order valence-corrected chi connectivity index (χ3v) is 3.45. The highest BCUT2D eigenvalue weighted by Crippen LogP contribution is 2.45. The topological polar surface area (TPSA) is 87.3 Å². The molecule has 0 atom stereocenters. The number of hydrogen-bond donors (Lipinski definition) is 2. The molecule has 0 radical (unpaired) electrons. The Morgan fingerprint density at radius 1 is 1.17 bits per heavy atom. The molecule has 0 saturated carbocycles. The second-order valence-corrected chi connectivity index (χ2v) is 4.99. The van der Waals surface area contributed by atoms with Crippen LogP contribution in [-0.2, 0) is 0 Å². The molecule has 0 aliphatic heterocycles. The van der Waals surface area contributed by atoms with E-state index in [1.54, 1.807) is 12.1 Å². The molecule has 1 aromatic carbocycles. The molecule has 0 bridgehead atoms. The molecule has 0 amide bonds. The minimum absolute atomic E-state index is 0.00987. The smallest absolute Gasteiger partial charge is 0.437 e. The Balaban J connectivity index is 2.38. The first-order valence-corrected chi connectivity index (χ1v) is 6.63. The Morgan fingerprint density at radius 2 is 1.87 bits per heavy atom. The summed E-state index contributed by atoms with van der Waals surface area (Å²) in [6, 6.07) is 6.28. The lowest BCUT2D eigenvalue weighted by molar-refractivity contribution is -0.275. The molecule has 5 nitrogen and oxygen atoms in total. The monoisotopic (exact) mass is 343 g/mol. The van der Waals surface area contributed by atoms with Crippen molar-refractivity contribution in [2.24, 2.45) is 0 Å². The molecular formula is C14H9ClF3N3O2. The molecule has 0 spiro atoms. The Labute approximate surface area is 132 Å². The minimum Gasteiger partial charge on any atom is -0.437 e. The number of ether oxygens (including phenoxy) is 1. The number of aromatic nitrogens is 1. The molecule has 120 valence electrons. The van der Waals surface area contributed by atoms with Crippen molar-refractivity contribution >= 4 is 34.1 Å². The lowest BCUT2D eigenvalue weighted by atomic mass is 10.0. The van der Waals surface area contributed by atoms with Crippen molar-refractivity contribution in [3.8, 4) is 17.0 Å². The Bertz CT molecular complexity index is 893. The first-order chi connectivity index (χ1) is 10.8. The van der Waals surface area contributed by atoms with Crippen molar-refractivity contribution in [3.05, 3.63) is 35.5 Å². The van der Waals surface area contributed by atoms with E-state index in [0.717, 1.165) is 6.20 Å². The van der Waals surface area contributed by atoms with Gasteiger partial charge in [0.15, 0.2) is 5.58 Å². The summed E-state index contributed by atoms with van der Waals surface area (Å²) in [4.78, 5) is 3.66. The van der Waals surface area contributed by atoms with Crippen LogP contribution in [-0.4, -0.2) is 11.3 Å². The molecule has 23 heavy (non-hydrogen) atoms. The van der Waals surface area contributed by atoms with E-state index in [2.05, 4.69) is 9.72 Å². The van der Waals surface area contributed by atoms with Crippen LogP contribution >= 0.6 is 11.6 Å². The van der Waals surface area contributed by atoms with E-state index in [9.17, 15) is 13.2 Å². The summed E-state index contributed by atoms with van der Waals surface area (Å²) in [7, 11) is 0. The van der Waals surface area contributed by atoms with Gasteiger partial charge in [-0.25, -0.2) is 4.98 Å². The number of halogens is 4. The Hall–Kier alpha value is -2.61. The molecule has 2 heterocycles. The van der Waals surface area contributed by atoms with Gasteiger partial charge < -0.3 is 20.6 Å². The van der Waals surface area contributed by atoms with Gasteiger partial charge in [-0.2, -0.15) is 0 Å². The molecule has 3 aromatic rings. The summed E-state index contributed by atoms with van der Waals surface area (Å²) in [5.41, 5.74) is 11.8. The molecular weight excluding hydrogens is 335 g/mol. The van der Waals surface area contributed by atoms with Gasteiger partial charge >= 0.3 is 6.36 Å². The zero-order valence-electron chi connectivity index (χ0n) is 11.3. The molecule has 4 N–H and O–H groups in total. The van der Waals surface area contributed by atoms with Crippen molar-refractivity contribution < 1.29 is 22.3 Å². The molecule has 2 aromatic heterocycles. The van der Waals surface area contributed by atoms with E-state index in [-0.39, 0.29) is 38.7 Å². The number of furan rings is 1. The molecule has 9 heteroatoms. The van der Waals surface area contributed by atoms with Crippen LogP contribution in [0.3, 0.4) is 0 Å². The van der Waals surface area contributed by atoms with Crippen molar-refractivity contribution in [1.82, 2.24) is 4.98 Å². The molecule has 0 unspecified atom stereocenters. The SMILES string of the molecule is Nc1oc2cnc(OC(F)(F)F)c(-c3ccccc3Cl)c2c1N. The molecule has 0 saturated heterocycles. The third-order valence-electron chi connectivity index (χ3n) is 3.12. The Kier molecular flexibility index (Phi) is 3.48. The third kappa shape index (κ3) is 2.72. The van der Waals surface area contributed by atoms with Crippen LogP contribution in [0.5, 0.6) is 5.88 Å². The second kappa shape index (κ2) is 5.24. The maximum atomic E-state index is 12.7. The van der Waals surface area contributed by atoms with Gasteiger partial charge in [0, 0.05) is 10.6 Å². The second-order valence-electron chi connectivity index (χ2n) is 4.59. The molecule has 0 aliphatic carbocycles. The number of fused-ring (bicyclic) bond motifs is 1. The van der Waals surface area contributed by atoms with Crippen molar-refractivity contribution in [2.45, 2.75) is 6.36 Å². The van der Waals surface area contributed by atoms with E-state index in [1.165, 1.54) is 12.1 Å². The van der Waals surface area contributed by atoms with Crippen LogP contribution in [0.1, 0.15) is 0 Å². The maximum Gasteiger partial charge on any atom is 0.574 e. The van der Waals surface area contributed by atoms with Gasteiger partial charge in [0.2, 0.25) is 11.8 Å². The lowest BCUT2D eigenvalue weighted by Crippen LogP contribution is -2.18. The average molecular weight is 344 g/mol. The highest BCUT2D eigenvalue weighted by molar-refractivity contribution is 6.34. The highest BCUT2D eigenvalue weighted by Gasteiger charge is 2.34. The standard InChI is InChI=1S/C14H9ClF3N3O2/c15-7-4-2-1-3-6(7)9-10-8(22-12(20)11(10)19)5-21-13(9)23-14(16,17)18/h1-5H,19-20H2. The van der Waals surface area contributed by atoms with Gasteiger partial charge in [0.1, 0.15) is 5.69 Å². The van der Waals surface area contributed by atoms with Crippen molar-refractivity contribution in [1.29, 1.82) is 0 Å². The number of hydrogen-bond acceptors (Lipinski definition) is 5. The van der Waals surface area contributed by atoms with E-state index in [4.69, 9.17) is 27.5 Å². The van der Waals surface area contributed by atoms with E-state index >= 15 is 0 Å². The van der Waals surface area contributed by atoms with Crippen LogP contribution in [0.4, 0.5) is 24.7 Å². The molecule has 0 fully saturated rings. The van der Waals surface area contributed by atoms with Crippen molar-refractivity contribution in [2.75, 3.05) is 11.5 Å². The number of nitrogen functional groups attached to an aromatic ring is 2. The van der Waals surface area contributed by atoms with Crippen LogP contribution < -0.4 is 16.2 Å². The van der Waals surface area contributed by atoms with Crippen LogP contribution in [0.25, 0.3) is 22.1 Å². The summed E-state index contributed by atoms with van der Waals surface area (Å²) < 4.78 is 47.2. The van der Waals surface area contributed by atoms with E-state index in [0.29, 0.717) is 0 Å². The number of anilines is 2. The Morgan fingerprint density at radius 3 is 2.52 bits per heavy atom. The summed E-state index contributed by atoms with van der Waals surface area (Å²) in [6.45, 7) is 0. The van der Waals surface area contributed by atoms with Gasteiger partial charge in [0.25, 0.3) is 0 Å². The number of rotatable bonds is 2. The number of nitrogens with two attached hydrogens (primary N) is 2. The number of alkyl halides is 3. The van der Waals surface area contributed by atoms with Crippen LogP contribution in [0.2, 0.25) is 5.02 Å². The zero-order valence-corrected chi connectivity index (χ0v) is 12.1. The first kappa shape index (κ1) is 15.3. The summed E-state index contributed by atoms with van der Waals surface area (Å²) >= 11 is 6.09. The number of benzene rings is 1. The minimum atomic E-state index is -4.93. The van der Waals surface area contributed by atoms with Gasteiger partial charge in [-0.15, -0.1) is 13.2 Å². The molecule has 3 rings (SSSR count). The van der Waals surface area contributed by atoms with E-state index < -0.39 is 12.2 Å².